The number of carbonyl (C=O) groups excluding carboxylic acids is 4. The Bertz CT molecular complexity index is 1410. The highest BCUT2D eigenvalue weighted by Gasteiger charge is 2.42. The number of imide groups is 1. The maximum absolute atomic E-state index is 13.6. The van der Waals surface area contributed by atoms with E-state index >= 15 is 0 Å². The molecule has 1 saturated heterocycles. The van der Waals surface area contributed by atoms with Gasteiger partial charge in [0.1, 0.15) is 17.1 Å². The maximum atomic E-state index is 13.6. The molecule has 0 spiro atoms. The van der Waals surface area contributed by atoms with Gasteiger partial charge in [0.05, 0.1) is 21.3 Å². The Morgan fingerprint density at radius 3 is 2.07 bits per heavy atom. The van der Waals surface area contributed by atoms with Gasteiger partial charge in [0.15, 0.2) is 11.5 Å². The first-order valence-corrected chi connectivity index (χ1v) is 15.1. The minimum atomic E-state index is -0.944. The van der Waals surface area contributed by atoms with Crippen LogP contribution in [0.25, 0.3) is 6.08 Å². The van der Waals surface area contributed by atoms with E-state index < -0.39 is 17.8 Å². The topological polar surface area (TPSA) is 108 Å². The predicted octanol–water partition coefficient (Wildman–Crippen LogP) is 6.70. The molecule has 2 amide bonds. The molecule has 1 aliphatic carbocycles. The molecule has 0 aromatic heterocycles. The van der Waals surface area contributed by atoms with Gasteiger partial charge in [-0.25, -0.2) is 4.79 Å². The largest absolute Gasteiger partial charge is 0.495 e. The average Bonchev–Trinajstić information content (AvgIpc) is 3.54. The molecule has 2 atom stereocenters. The molecule has 4 rings (SSSR count). The molecule has 2 aromatic rings. The number of unbranched alkanes of at least 4 members (excludes halogenated alkanes) is 4. The minimum Gasteiger partial charge on any atom is -0.495 e. The number of fused-ring (bicyclic) bond motifs is 1. The van der Waals surface area contributed by atoms with Crippen molar-refractivity contribution in [2.75, 3.05) is 21.3 Å². The zero-order valence-electron chi connectivity index (χ0n) is 25.9. The molecule has 0 radical (unpaired) electrons. The summed E-state index contributed by atoms with van der Waals surface area (Å²) in [6.07, 6.45) is 14.6. The first-order valence-electron chi connectivity index (χ1n) is 15.1. The lowest BCUT2D eigenvalue weighted by Crippen LogP contribution is -2.32. The van der Waals surface area contributed by atoms with Crippen molar-refractivity contribution in [1.82, 2.24) is 5.06 Å². The summed E-state index contributed by atoms with van der Waals surface area (Å²) in [5, 5.41) is 0.514. The van der Waals surface area contributed by atoms with Crippen LogP contribution in [0.15, 0.2) is 48.6 Å². The van der Waals surface area contributed by atoms with Crippen LogP contribution in [0.4, 0.5) is 0 Å². The average molecular weight is 604 g/mol. The summed E-state index contributed by atoms with van der Waals surface area (Å²) in [5.41, 5.74) is 2.62. The van der Waals surface area contributed by atoms with Gasteiger partial charge >= 0.3 is 5.97 Å². The molecule has 0 saturated carbocycles. The van der Waals surface area contributed by atoms with E-state index in [1.807, 2.05) is 30.3 Å². The first-order chi connectivity index (χ1) is 21.3. The standard InChI is InChI=1S/C35H41NO8/c1-23(37)14-10-7-5-6-8-13-17-25-22-26(19-18-24-15-11-9-12-16-24)30-29(25)32(41-2)31(34(43-4)33(30)42-3)35(40)44-36-27(38)20-21-28(36)39/h9,11-13,15-19,25-26H,5-8,10,14,20-22H2,1-4H3. The minimum absolute atomic E-state index is 0.0209. The van der Waals surface area contributed by atoms with E-state index in [1.54, 1.807) is 6.92 Å². The number of ether oxygens (including phenoxy) is 3. The van der Waals surface area contributed by atoms with E-state index in [0.717, 1.165) is 48.8 Å². The van der Waals surface area contributed by atoms with Crippen LogP contribution in [0, 0.1) is 0 Å². The number of rotatable bonds is 15. The molecule has 2 aromatic carbocycles. The number of Topliss-reactive ketones (excluding diaryl/α,β-unsaturated/α-hetero) is 1. The molecule has 2 aliphatic rings. The third kappa shape index (κ3) is 7.38. The molecular weight excluding hydrogens is 562 g/mol. The number of methoxy groups -OCH3 is 3. The Kier molecular flexibility index (Phi) is 11.4. The highest BCUT2D eigenvalue weighted by atomic mass is 16.7. The third-order valence-electron chi connectivity index (χ3n) is 8.02. The molecule has 0 N–H and O–H groups in total. The molecule has 234 valence electrons. The van der Waals surface area contributed by atoms with Crippen molar-refractivity contribution in [3.05, 3.63) is 70.8 Å². The Morgan fingerprint density at radius 1 is 0.818 bits per heavy atom. The molecule has 1 aliphatic heterocycles. The fraction of sp³-hybridized carbons (Fsp3) is 0.429. The van der Waals surface area contributed by atoms with Crippen LogP contribution in [0.5, 0.6) is 17.2 Å². The smallest absolute Gasteiger partial charge is 0.371 e. The van der Waals surface area contributed by atoms with Crippen LogP contribution in [0.2, 0.25) is 0 Å². The summed E-state index contributed by atoms with van der Waals surface area (Å²) in [4.78, 5) is 54.6. The van der Waals surface area contributed by atoms with E-state index in [4.69, 9.17) is 19.0 Å². The molecule has 44 heavy (non-hydrogen) atoms. The van der Waals surface area contributed by atoms with Crippen molar-refractivity contribution >= 4 is 29.6 Å². The summed E-state index contributed by atoms with van der Waals surface area (Å²) in [6, 6.07) is 9.98. The zero-order valence-corrected chi connectivity index (χ0v) is 25.9. The third-order valence-corrected chi connectivity index (χ3v) is 8.02. The quantitative estimate of drug-likeness (QED) is 0.126. The molecule has 9 nitrogen and oxygen atoms in total. The van der Waals surface area contributed by atoms with Crippen molar-refractivity contribution in [3.8, 4) is 17.2 Å². The monoisotopic (exact) mass is 603 g/mol. The molecule has 9 heteroatoms. The highest BCUT2D eigenvalue weighted by molar-refractivity contribution is 6.04. The number of nitrogens with zero attached hydrogens (tertiary/aromatic N) is 1. The van der Waals surface area contributed by atoms with Crippen LogP contribution in [0.1, 0.15) is 104 Å². The second kappa shape index (κ2) is 15.4. The van der Waals surface area contributed by atoms with Gasteiger partial charge < -0.3 is 23.8 Å². The lowest BCUT2D eigenvalue weighted by atomic mass is 9.94. The van der Waals surface area contributed by atoms with Crippen molar-refractivity contribution in [2.24, 2.45) is 0 Å². The van der Waals surface area contributed by atoms with Crippen molar-refractivity contribution < 1.29 is 38.2 Å². The summed E-state index contributed by atoms with van der Waals surface area (Å²) in [5.74, 6) is -1.34. The Morgan fingerprint density at radius 2 is 1.43 bits per heavy atom. The zero-order chi connectivity index (χ0) is 31.6. The lowest BCUT2D eigenvalue weighted by Gasteiger charge is -2.23. The van der Waals surface area contributed by atoms with Gasteiger partial charge in [-0.2, -0.15) is 0 Å². The van der Waals surface area contributed by atoms with Gasteiger partial charge in [-0.1, -0.05) is 67.5 Å². The number of carbonyl (C=O) groups is 4. The summed E-state index contributed by atoms with van der Waals surface area (Å²) in [6.45, 7) is 1.62. The van der Waals surface area contributed by atoms with Gasteiger partial charge in [0.25, 0.3) is 11.8 Å². The predicted molar refractivity (Wildman–Crippen MR) is 166 cm³/mol. The lowest BCUT2D eigenvalue weighted by molar-refractivity contribution is -0.172. The van der Waals surface area contributed by atoms with Crippen molar-refractivity contribution in [2.45, 2.75) is 76.5 Å². The van der Waals surface area contributed by atoms with Crippen LogP contribution >= 0.6 is 0 Å². The number of allylic oxidation sites excluding steroid dienone is 3. The van der Waals surface area contributed by atoms with Gasteiger partial charge in [-0.3, -0.25) is 9.59 Å². The van der Waals surface area contributed by atoms with Gasteiger partial charge in [-0.15, -0.1) is 5.06 Å². The summed E-state index contributed by atoms with van der Waals surface area (Å²) in [7, 11) is 4.41. The van der Waals surface area contributed by atoms with Gasteiger partial charge in [-0.05, 0) is 38.2 Å². The second-order valence-electron chi connectivity index (χ2n) is 11.1. The number of amides is 2. The van der Waals surface area contributed by atoms with E-state index in [-0.39, 0.29) is 47.5 Å². The molecule has 1 heterocycles. The van der Waals surface area contributed by atoms with Crippen LogP contribution in [-0.2, 0) is 19.2 Å². The molecule has 1 fully saturated rings. The van der Waals surface area contributed by atoms with Gasteiger partial charge in [0, 0.05) is 42.2 Å². The van der Waals surface area contributed by atoms with E-state index in [2.05, 4.69) is 24.3 Å². The molecule has 2 unspecified atom stereocenters. The van der Waals surface area contributed by atoms with Crippen molar-refractivity contribution in [1.29, 1.82) is 0 Å². The molecular formula is C35H41NO8. The number of benzene rings is 2. The van der Waals surface area contributed by atoms with Crippen molar-refractivity contribution in [3.63, 3.8) is 0 Å². The van der Waals surface area contributed by atoms with Crippen LogP contribution in [0.3, 0.4) is 0 Å². The Hall–Kier alpha value is -4.40. The first kappa shape index (κ1) is 32.5. The van der Waals surface area contributed by atoms with E-state index in [9.17, 15) is 19.2 Å². The summed E-state index contributed by atoms with van der Waals surface area (Å²) >= 11 is 0. The maximum Gasteiger partial charge on any atom is 0.371 e. The number of hydroxylamine groups is 2. The van der Waals surface area contributed by atoms with Gasteiger partial charge in [0.2, 0.25) is 0 Å². The molecule has 0 bridgehead atoms. The highest BCUT2D eigenvalue weighted by Crippen LogP contribution is 2.57. The SMILES string of the molecule is COc1c(OC)c2c(c(OC)c1C(=O)ON1C(=O)CCC1=O)C(C=CCCCCCCC(C)=O)CC2C=Cc1ccccc1. The number of hydrogen-bond acceptors (Lipinski definition) is 8. The number of ketones is 1. The van der Waals surface area contributed by atoms with Crippen LogP contribution < -0.4 is 14.2 Å². The fourth-order valence-corrected chi connectivity index (χ4v) is 5.94. The van der Waals surface area contributed by atoms with E-state index in [1.165, 1.54) is 21.3 Å². The summed E-state index contributed by atoms with van der Waals surface area (Å²) < 4.78 is 17.5. The van der Waals surface area contributed by atoms with E-state index in [0.29, 0.717) is 23.7 Å². The normalized spacial score (nSPS) is 17.9. The fourth-order valence-electron chi connectivity index (χ4n) is 5.94. The Labute approximate surface area is 258 Å². The number of hydrogen-bond donors (Lipinski definition) is 0. The van der Waals surface area contributed by atoms with Crippen LogP contribution in [-0.4, -0.2) is 50.0 Å². The Balaban J connectivity index is 1.72. The second-order valence-corrected chi connectivity index (χ2v) is 11.1.